The van der Waals surface area contributed by atoms with Gasteiger partial charge in [0.2, 0.25) is 5.91 Å². The molecule has 1 aromatic rings. The van der Waals surface area contributed by atoms with Crippen LogP contribution >= 0.6 is 12.4 Å². The normalized spacial score (nSPS) is 16.7. The standard InChI is InChI=1S/C19H27N3O4.ClH/c1-3-26-19(25)13(2)21-18(24)15-5-7-16(8-6-15)22-17(23)9-4-14-10-11-20-12-14;/h5-8,13-14,20H,3-4,9-12H2,1-2H3,(H,21,24)(H,22,23);1H. The lowest BCUT2D eigenvalue weighted by molar-refractivity contribution is -0.144. The Kier molecular flexibility index (Phi) is 9.82. The zero-order chi connectivity index (χ0) is 18.9. The van der Waals surface area contributed by atoms with E-state index in [1.165, 1.54) is 0 Å². The number of ether oxygens (including phenoxy) is 1. The van der Waals surface area contributed by atoms with E-state index in [0.717, 1.165) is 25.9 Å². The molecule has 0 spiro atoms. The second-order valence-corrected chi connectivity index (χ2v) is 6.47. The number of carbonyl (C=O) groups is 3. The third-order valence-electron chi connectivity index (χ3n) is 4.36. The van der Waals surface area contributed by atoms with E-state index >= 15 is 0 Å². The lowest BCUT2D eigenvalue weighted by atomic mass is 10.0. The number of nitrogens with one attached hydrogen (secondary N) is 3. The number of hydrogen-bond donors (Lipinski definition) is 3. The monoisotopic (exact) mass is 397 g/mol. The molecule has 2 amide bonds. The molecule has 0 radical (unpaired) electrons. The highest BCUT2D eigenvalue weighted by atomic mass is 35.5. The van der Waals surface area contributed by atoms with E-state index in [9.17, 15) is 14.4 Å². The zero-order valence-corrected chi connectivity index (χ0v) is 16.6. The molecule has 8 heteroatoms. The van der Waals surface area contributed by atoms with Crippen molar-refractivity contribution in [1.29, 1.82) is 0 Å². The SMILES string of the molecule is CCOC(=O)C(C)NC(=O)c1ccc(NC(=O)CCC2CCNC2)cc1.Cl. The lowest BCUT2D eigenvalue weighted by Gasteiger charge is -2.13. The van der Waals surface area contributed by atoms with Crippen LogP contribution in [0.4, 0.5) is 5.69 Å². The molecule has 1 saturated heterocycles. The average molecular weight is 398 g/mol. The van der Waals surface area contributed by atoms with Crippen molar-refractivity contribution < 1.29 is 19.1 Å². The van der Waals surface area contributed by atoms with E-state index in [4.69, 9.17) is 4.74 Å². The molecule has 3 N–H and O–H groups in total. The number of halogens is 1. The Bertz CT molecular complexity index is 630. The van der Waals surface area contributed by atoms with Crippen molar-refractivity contribution in [3.63, 3.8) is 0 Å². The smallest absolute Gasteiger partial charge is 0.328 e. The van der Waals surface area contributed by atoms with E-state index < -0.39 is 12.0 Å². The number of amides is 2. The van der Waals surface area contributed by atoms with Crippen LogP contribution in [0.1, 0.15) is 43.5 Å². The van der Waals surface area contributed by atoms with E-state index in [1.807, 2.05) is 0 Å². The second-order valence-electron chi connectivity index (χ2n) is 6.47. The van der Waals surface area contributed by atoms with Gasteiger partial charge in [0.1, 0.15) is 6.04 Å². The highest BCUT2D eigenvalue weighted by Crippen LogP contribution is 2.16. The van der Waals surface area contributed by atoms with Crippen molar-refractivity contribution in [3.05, 3.63) is 29.8 Å². The highest BCUT2D eigenvalue weighted by molar-refractivity contribution is 5.97. The Hall–Kier alpha value is -2.12. The molecule has 1 aliphatic rings. The van der Waals surface area contributed by atoms with E-state index in [1.54, 1.807) is 38.1 Å². The number of benzene rings is 1. The molecule has 0 bridgehead atoms. The number of esters is 1. The van der Waals surface area contributed by atoms with Crippen LogP contribution in [0.15, 0.2) is 24.3 Å². The minimum absolute atomic E-state index is 0. The molecule has 0 aliphatic carbocycles. The van der Waals surface area contributed by atoms with Crippen LogP contribution in [-0.4, -0.2) is 43.5 Å². The van der Waals surface area contributed by atoms with Crippen molar-refractivity contribution in [2.75, 3.05) is 25.0 Å². The molecular weight excluding hydrogens is 370 g/mol. The van der Waals surface area contributed by atoms with Crippen molar-refractivity contribution >= 4 is 35.9 Å². The molecule has 0 aromatic heterocycles. The number of rotatable bonds is 8. The topological polar surface area (TPSA) is 96.5 Å². The Morgan fingerprint density at radius 1 is 1.26 bits per heavy atom. The van der Waals surface area contributed by atoms with Crippen LogP contribution in [0, 0.1) is 5.92 Å². The van der Waals surface area contributed by atoms with Crippen LogP contribution < -0.4 is 16.0 Å². The molecule has 1 fully saturated rings. The van der Waals surface area contributed by atoms with Gasteiger partial charge >= 0.3 is 5.97 Å². The molecule has 27 heavy (non-hydrogen) atoms. The van der Waals surface area contributed by atoms with Gasteiger partial charge in [-0.2, -0.15) is 0 Å². The maximum absolute atomic E-state index is 12.1. The summed E-state index contributed by atoms with van der Waals surface area (Å²) in [5, 5.41) is 8.72. The molecule has 2 unspecified atom stereocenters. The fourth-order valence-corrected chi connectivity index (χ4v) is 2.83. The maximum Gasteiger partial charge on any atom is 0.328 e. The molecule has 1 aromatic carbocycles. The molecule has 7 nitrogen and oxygen atoms in total. The largest absolute Gasteiger partial charge is 0.464 e. The number of anilines is 1. The first-order valence-corrected chi connectivity index (χ1v) is 9.07. The summed E-state index contributed by atoms with van der Waals surface area (Å²) in [5.74, 6) is -0.280. The summed E-state index contributed by atoms with van der Waals surface area (Å²) in [6, 6.07) is 5.87. The fourth-order valence-electron chi connectivity index (χ4n) is 2.83. The predicted molar refractivity (Wildman–Crippen MR) is 106 cm³/mol. The van der Waals surface area contributed by atoms with Crippen molar-refractivity contribution in [2.24, 2.45) is 5.92 Å². The van der Waals surface area contributed by atoms with Crippen LogP contribution in [0.3, 0.4) is 0 Å². The lowest BCUT2D eigenvalue weighted by Crippen LogP contribution is -2.39. The molecular formula is C19H28ClN3O4. The zero-order valence-electron chi connectivity index (χ0n) is 15.7. The minimum atomic E-state index is -0.716. The van der Waals surface area contributed by atoms with Gasteiger partial charge in [0.15, 0.2) is 0 Å². The van der Waals surface area contributed by atoms with Gasteiger partial charge < -0.3 is 20.7 Å². The van der Waals surface area contributed by atoms with Crippen LogP contribution in [-0.2, 0) is 14.3 Å². The summed E-state index contributed by atoms with van der Waals surface area (Å²) in [4.78, 5) is 35.7. The Morgan fingerprint density at radius 3 is 2.56 bits per heavy atom. The van der Waals surface area contributed by atoms with Gasteiger partial charge in [-0.25, -0.2) is 4.79 Å². The maximum atomic E-state index is 12.1. The predicted octanol–water partition coefficient (Wildman–Crippen LogP) is 2.12. The Balaban J connectivity index is 0.00000364. The van der Waals surface area contributed by atoms with Gasteiger partial charge in [-0.05, 0) is 70.0 Å². The molecule has 150 valence electrons. The van der Waals surface area contributed by atoms with Crippen LogP contribution in [0.25, 0.3) is 0 Å². The Labute approximate surface area is 166 Å². The number of hydrogen-bond acceptors (Lipinski definition) is 5. The van der Waals surface area contributed by atoms with E-state index in [0.29, 0.717) is 23.6 Å². The molecule has 0 saturated carbocycles. The number of carbonyl (C=O) groups excluding carboxylic acids is 3. The van der Waals surface area contributed by atoms with Gasteiger partial charge in [-0.15, -0.1) is 12.4 Å². The molecule has 2 atom stereocenters. The summed E-state index contributed by atoms with van der Waals surface area (Å²) in [6.45, 7) is 5.57. The first-order valence-electron chi connectivity index (χ1n) is 9.07. The van der Waals surface area contributed by atoms with E-state index in [-0.39, 0.29) is 30.8 Å². The second kappa shape index (κ2) is 11.6. The molecule has 2 rings (SSSR count). The van der Waals surface area contributed by atoms with Gasteiger partial charge in [0, 0.05) is 17.7 Å². The van der Waals surface area contributed by atoms with Crippen molar-refractivity contribution in [3.8, 4) is 0 Å². The van der Waals surface area contributed by atoms with Crippen molar-refractivity contribution in [2.45, 2.75) is 39.2 Å². The average Bonchev–Trinajstić information content (AvgIpc) is 3.14. The summed E-state index contributed by atoms with van der Waals surface area (Å²) >= 11 is 0. The van der Waals surface area contributed by atoms with Gasteiger partial charge in [0.25, 0.3) is 5.91 Å². The van der Waals surface area contributed by atoms with Crippen LogP contribution in [0.5, 0.6) is 0 Å². The summed E-state index contributed by atoms with van der Waals surface area (Å²) < 4.78 is 4.86. The van der Waals surface area contributed by atoms with Gasteiger partial charge in [0.05, 0.1) is 6.61 Å². The third-order valence-corrected chi connectivity index (χ3v) is 4.36. The summed E-state index contributed by atoms with van der Waals surface area (Å²) in [5.41, 5.74) is 1.06. The van der Waals surface area contributed by atoms with Crippen molar-refractivity contribution in [1.82, 2.24) is 10.6 Å². The van der Waals surface area contributed by atoms with Crippen LogP contribution in [0.2, 0.25) is 0 Å². The van der Waals surface area contributed by atoms with Gasteiger partial charge in [-0.3, -0.25) is 9.59 Å². The third kappa shape index (κ3) is 7.56. The summed E-state index contributed by atoms with van der Waals surface area (Å²) in [7, 11) is 0. The molecule has 1 heterocycles. The Morgan fingerprint density at radius 2 is 1.96 bits per heavy atom. The van der Waals surface area contributed by atoms with Gasteiger partial charge in [-0.1, -0.05) is 0 Å². The molecule has 1 aliphatic heterocycles. The highest BCUT2D eigenvalue weighted by Gasteiger charge is 2.18. The quantitative estimate of drug-likeness (QED) is 0.584. The first-order chi connectivity index (χ1) is 12.5. The summed E-state index contributed by atoms with van der Waals surface area (Å²) in [6.07, 6.45) is 2.50. The minimum Gasteiger partial charge on any atom is -0.464 e. The fraction of sp³-hybridized carbons (Fsp3) is 0.526. The van der Waals surface area contributed by atoms with E-state index in [2.05, 4.69) is 16.0 Å². The first kappa shape index (κ1) is 22.9.